The van der Waals surface area contributed by atoms with Gasteiger partial charge in [-0.2, -0.15) is 0 Å². The van der Waals surface area contributed by atoms with E-state index in [0.29, 0.717) is 48.5 Å². The first kappa shape index (κ1) is 21.4. The van der Waals surface area contributed by atoms with Gasteiger partial charge in [-0.25, -0.2) is 0 Å². The molecule has 150 valence electrons. The molecule has 0 saturated carbocycles. The van der Waals surface area contributed by atoms with E-state index in [9.17, 15) is 14.7 Å². The zero-order chi connectivity index (χ0) is 20.4. The molecule has 0 amide bonds. The molecule has 0 radical (unpaired) electrons. The zero-order valence-electron chi connectivity index (χ0n) is 16.0. The number of benzene rings is 2. The Balaban J connectivity index is 2.27. The number of carbonyl (C=O) groups excluding carboxylic acids is 1. The first-order valence-corrected chi connectivity index (χ1v) is 9.32. The van der Waals surface area contributed by atoms with Crippen molar-refractivity contribution in [3.63, 3.8) is 0 Å². The van der Waals surface area contributed by atoms with Gasteiger partial charge in [0.15, 0.2) is 5.78 Å². The Bertz CT molecular complexity index is 785. The number of hydrogen-bond acceptors (Lipinski definition) is 5. The molecule has 2 aromatic carbocycles. The van der Waals surface area contributed by atoms with Gasteiger partial charge in [0.05, 0.1) is 12.2 Å². The second-order valence-corrected chi connectivity index (χ2v) is 6.42. The summed E-state index contributed by atoms with van der Waals surface area (Å²) in [5.41, 5.74) is 2.15. The molecular formula is C22H26O6. The molecule has 0 spiro atoms. The first-order chi connectivity index (χ1) is 13.5. The van der Waals surface area contributed by atoms with Crippen LogP contribution in [-0.2, 0) is 17.8 Å². The van der Waals surface area contributed by atoms with E-state index in [2.05, 4.69) is 0 Å². The maximum Gasteiger partial charge on any atom is 0.303 e. The molecule has 6 nitrogen and oxygen atoms in total. The molecule has 0 unspecified atom stereocenters. The lowest BCUT2D eigenvalue weighted by molar-refractivity contribution is -0.137. The Labute approximate surface area is 164 Å². The highest BCUT2D eigenvalue weighted by Crippen LogP contribution is 2.34. The molecule has 0 aliphatic carbocycles. The van der Waals surface area contributed by atoms with Crippen molar-refractivity contribution in [1.82, 2.24) is 0 Å². The maximum absolute atomic E-state index is 12.1. The van der Waals surface area contributed by atoms with Gasteiger partial charge in [-0.3, -0.25) is 9.59 Å². The number of aliphatic hydroxyl groups is 1. The van der Waals surface area contributed by atoms with Gasteiger partial charge in [0, 0.05) is 18.6 Å². The number of carboxylic acid groups (broad SMARTS) is 1. The van der Waals surface area contributed by atoms with Crippen molar-refractivity contribution in [2.45, 2.75) is 39.2 Å². The lowest BCUT2D eigenvalue weighted by atomic mass is 10.0. The fourth-order valence-electron chi connectivity index (χ4n) is 2.81. The van der Waals surface area contributed by atoms with E-state index in [0.717, 1.165) is 5.56 Å². The highest BCUT2D eigenvalue weighted by Gasteiger charge is 2.19. The number of carbonyl (C=O) groups is 2. The second-order valence-electron chi connectivity index (χ2n) is 6.42. The monoisotopic (exact) mass is 386 g/mol. The molecule has 6 heteroatoms. The van der Waals surface area contributed by atoms with Crippen LogP contribution in [0, 0.1) is 0 Å². The molecular weight excluding hydrogens is 360 g/mol. The molecule has 0 atom stereocenters. The number of aliphatic carboxylic acids is 1. The van der Waals surface area contributed by atoms with Crippen LogP contribution >= 0.6 is 0 Å². The van der Waals surface area contributed by atoms with E-state index in [-0.39, 0.29) is 25.4 Å². The van der Waals surface area contributed by atoms with E-state index >= 15 is 0 Å². The summed E-state index contributed by atoms with van der Waals surface area (Å²) in [7, 11) is 0. The summed E-state index contributed by atoms with van der Waals surface area (Å²) in [6, 6.07) is 13.1. The van der Waals surface area contributed by atoms with Gasteiger partial charge in [-0.1, -0.05) is 30.3 Å². The average Bonchev–Trinajstić information content (AvgIpc) is 2.68. The van der Waals surface area contributed by atoms with Gasteiger partial charge in [-0.15, -0.1) is 0 Å². The highest BCUT2D eigenvalue weighted by molar-refractivity contribution is 5.97. The van der Waals surface area contributed by atoms with Gasteiger partial charge in [0.2, 0.25) is 0 Å². The Kier molecular flexibility index (Phi) is 8.49. The number of ether oxygens (including phenoxy) is 2. The molecule has 2 rings (SSSR count). The molecule has 0 aromatic heterocycles. The summed E-state index contributed by atoms with van der Waals surface area (Å²) in [5, 5.41) is 18.0. The van der Waals surface area contributed by atoms with Crippen molar-refractivity contribution in [2.24, 2.45) is 0 Å². The van der Waals surface area contributed by atoms with Crippen LogP contribution in [0.25, 0.3) is 0 Å². The van der Waals surface area contributed by atoms with Gasteiger partial charge in [0.25, 0.3) is 0 Å². The number of carboxylic acids is 1. The summed E-state index contributed by atoms with van der Waals surface area (Å²) in [4.78, 5) is 22.8. The van der Waals surface area contributed by atoms with Crippen molar-refractivity contribution in [1.29, 1.82) is 0 Å². The molecule has 28 heavy (non-hydrogen) atoms. The van der Waals surface area contributed by atoms with Gasteiger partial charge in [0.1, 0.15) is 18.1 Å². The van der Waals surface area contributed by atoms with Crippen molar-refractivity contribution in [3.8, 4) is 11.5 Å². The summed E-state index contributed by atoms with van der Waals surface area (Å²) in [6.45, 7) is 2.01. The van der Waals surface area contributed by atoms with E-state index in [1.807, 2.05) is 30.3 Å². The predicted octanol–water partition coefficient (Wildman–Crippen LogP) is 3.64. The second kappa shape index (κ2) is 11.1. The Morgan fingerprint density at radius 3 is 2.39 bits per heavy atom. The minimum Gasteiger partial charge on any atom is -0.492 e. The fourth-order valence-corrected chi connectivity index (χ4v) is 2.81. The Morgan fingerprint density at radius 2 is 1.75 bits per heavy atom. The number of aliphatic hydroxyl groups excluding tert-OH is 1. The van der Waals surface area contributed by atoms with Crippen molar-refractivity contribution < 1.29 is 29.3 Å². The smallest absolute Gasteiger partial charge is 0.303 e. The third-order valence-electron chi connectivity index (χ3n) is 4.20. The molecule has 0 aliphatic heterocycles. The van der Waals surface area contributed by atoms with Gasteiger partial charge < -0.3 is 19.7 Å². The first-order valence-electron chi connectivity index (χ1n) is 9.32. The lowest BCUT2D eigenvalue weighted by Crippen LogP contribution is -2.10. The Morgan fingerprint density at radius 1 is 1.00 bits per heavy atom. The number of Topliss-reactive ketones (excluding diaryl/α,β-unsaturated/α-hetero) is 1. The normalized spacial score (nSPS) is 10.5. The number of rotatable bonds is 12. The van der Waals surface area contributed by atoms with Crippen LogP contribution in [0.2, 0.25) is 0 Å². The van der Waals surface area contributed by atoms with E-state index in [4.69, 9.17) is 14.6 Å². The van der Waals surface area contributed by atoms with Crippen LogP contribution in [0.3, 0.4) is 0 Å². The molecule has 2 aromatic rings. The van der Waals surface area contributed by atoms with Crippen LogP contribution in [0.5, 0.6) is 11.5 Å². The molecule has 0 saturated heterocycles. The zero-order valence-corrected chi connectivity index (χ0v) is 16.0. The summed E-state index contributed by atoms with van der Waals surface area (Å²) >= 11 is 0. The van der Waals surface area contributed by atoms with Crippen molar-refractivity contribution in [2.75, 3.05) is 13.2 Å². The number of hydrogen-bond donors (Lipinski definition) is 2. The van der Waals surface area contributed by atoms with Crippen LogP contribution < -0.4 is 9.47 Å². The maximum atomic E-state index is 12.1. The van der Waals surface area contributed by atoms with E-state index < -0.39 is 5.97 Å². The predicted molar refractivity (Wildman–Crippen MR) is 105 cm³/mol. The van der Waals surface area contributed by atoms with Crippen LogP contribution in [0.15, 0.2) is 42.5 Å². The molecule has 0 aliphatic rings. The molecule has 0 bridgehead atoms. The minimum atomic E-state index is -0.893. The van der Waals surface area contributed by atoms with Crippen LogP contribution in [0.1, 0.15) is 47.7 Å². The SMILES string of the molecule is CC(=O)c1ccc(OCc2ccccc2)c(CCCO)c1OCCCC(=O)O. The third kappa shape index (κ3) is 6.39. The summed E-state index contributed by atoms with van der Waals surface area (Å²) in [5.74, 6) is -0.0311. The van der Waals surface area contributed by atoms with Crippen molar-refractivity contribution >= 4 is 11.8 Å². The quantitative estimate of drug-likeness (QED) is 0.427. The topological polar surface area (TPSA) is 93.1 Å². The van der Waals surface area contributed by atoms with Crippen LogP contribution in [0.4, 0.5) is 0 Å². The van der Waals surface area contributed by atoms with E-state index in [1.54, 1.807) is 12.1 Å². The van der Waals surface area contributed by atoms with Gasteiger partial charge >= 0.3 is 5.97 Å². The van der Waals surface area contributed by atoms with Crippen LogP contribution in [-0.4, -0.2) is 35.2 Å². The fraction of sp³-hybridized carbons (Fsp3) is 0.364. The summed E-state index contributed by atoms with van der Waals surface area (Å²) < 4.78 is 11.8. The highest BCUT2D eigenvalue weighted by atomic mass is 16.5. The molecule has 0 heterocycles. The number of ketones is 1. The largest absolute Gasteiger partial charge is 0.492 e. The Hall–Kier alpha value is -2.86. The standard InChI is InChI=1S/C22H26O6/c1-16(24)18-11-12-20(28-15-17-7-3-2-4-8-17)19(9-5-13-23)22(18)27-14-6-10-21(25)26/h2-4,7-8,11-12,23H,5-6,9-10,13-15H2,1H3,(H,25,26). The summed E-state index contributed by atoms with van der Waals surface area (Å²) in [6.07, 6.45) is 1.30. The molecule has 2 N–H and O–H groups in total. The molecule has 0 fully saturated rings. The lowest BCUT2D eigenvalue weighted by Gasteiger charge is -2.19. The van der Waals surface area contributed by atoms with Gasteiger partial charge in [-0.05, 0) is 43.9 Å². The average molecular weight is 386 g/mol. The van der Waals surface area contributed by atoms with E-state index in [1.165, 1.54) is 6.92 Å². The van der Waals surface area contributed by atoms with Crippen molar-refractivity contribution in [3.05, 3.63) is 59.2 Å². The minimum absolute atomic E-state index is 0.000872. The third-order valence-corrected chi connectivity index (χ3v) is 4.20.